The average molecular weight is 627 g/mol. The first kappa shape index (κ1) is 31.6. The minimum atomic E-state index is -1.51. The Bertz CT molecular complexity index is 2000. The van der Waals surface area contributed by atoms with Crippen LogP contribution in [0, 0.1) is 0 Å². The van der Waals surface area contributed by atoms with Crippen LogP contribution in [-0.2, 0) is 42.7 Å². The van der Waals surface area contributed by atoms with Crippen molar-refractivity contribution in [3.8, 4) is 0 Å². The number of carbonyl (C=O) groups excluding carboxylic acids is 4. The normalized spacial score (nSPS) is 15.0. The second-order valence-electron chi connectivity index (χ2n) is 10.9. The fourth-order valence-electron chi connectivity index (χ4n) is 5.99. The highest BCUT2D eigenvalue weighted by molar-refractivity contribution is 6.24. The topological polar surface area (TPSA) is 171 Å². The molecule has 2 heterocycles. The molecule has 46 heavy (non-hydrogen) atoms. The van der Waals surface area contributed by atoms with Gasteiger partial charge in [-0.1, -0.05) is 36.4 Å². The molecule has 0 saturated carbocycles. The van der Waals surface area contributed by atoms with Gasteiger partial charge < -0.3 is 28.8 Å². The Labute approximate surface area is 261 Å². The van der Waals surface area contributed by atoms with E-state index in [0.717, 1.165) is 14.2 Å². The van der Waals surface area contributed by atoms with Gasteiger partial charge in [0.1, 0.15) is 0 Å². The second kappa shape index (κ2) is 12.3. The van der Waals surface area contributed by atoms with E-state index >= 15 is 0 Å². The number of aromatic nitrogens is 2. The van der Waals surface area contributed by atoms with Gasteiger partial charge in [0.15, 0.2) is 11.5 Å². The Morgan fingerprint density at radius 3 is 1.35 bits per heavy atom. The molecule has 0 radical (unpaired) electrons. The number of carbonyl (C=O) groups is 4. The van der Waals surface area contributed by atoms with E-state index in [1.54, 1.807) is 48.5 Å². The number of aryl methyl sites for hydroxylation is 2. The van der Waals surface area contributed by atoms with Crippen molar-refractivity contribution in [3.63, 3.8) is 0 Å². The van der Waals surface area contributed by atoms with Crippen LogP contribution in [0.25, 0.3) is 21.8 Å². The van der Waals surface area contributed by atoms with Gasteiger partial charge in [-0.05, 0) is 35.0 Å². The molecule has 5 rings (SSSR count). The summed E-state index contributed by atoms with van der Waals surface area (Å²) in [4.78, 5) is 80.1. The number of benzene rings is 2. The Morgan fingerprint density at radius 1 is 0.652 bits per heavy atom. The first-order chi connectivity index (χ1) is 21.9. The molecule has 0 aliphatic heterocycles. The van der Waals surface area contributed by atoms with E-state index in [2.05, 4.69) is 0 Å². The number of methoxy groups -OCH3 is 2. The fourth-order valence-corrected chi connectivity index (χ4v) is 5.99. The fraction of sp³-hybridized carbons (Fsp3) is 0.235. The minimum absolute atomic E-state index is 0.111. The summed E-state index contributed by atoms with van der Waals surface area (Å²) >= 11 is 0. The highest BCUT2D eigenvalue weighted by Crippen LogP contribution is 2.40. The lowest BCUT2D eigenvalue weighted by Gasteiger charge is -2.27. The van der Waals surface area contributed by atoms with Crippen molar-refractivity contribution in [2.45, 2.75) is 24.7 Å². The zero-order valence-corrected chi connectivity index (χ0v) is 25.4. The first-order valence-corrected chi connectivity index (χ1v) is 14.2. The summed E-state index contributed by atoms with van der Waals surface area (Å²) in [7, 11) is 5.17. The number of rotatable bonds is 8. The molecule has 0 bridgehead atoms. The summed E-state index contributed by atoms with van der Waals surface area (Å²) in [6, 6.07) is 16.6. The third-order valence-corrected chi connectivity index (χ3v) is 8.40. The van der Waals surface area contributed by atoms with Crippen LogP contribution >= 0.6 is 0 Å². The molecule has 236 valence electrons. The van der Waals surface area contributed by atoms with Gasteiger partial charge in [0.25, 0.3) is 11.1 Å². The molecule has 1 aliphatic rings. The largest absolute Gasteiger partial charge is 0.504 e. The molecule has 2 N–H and O–H groups in total. The van der Waals surface area contributed by atoms with Crippen LogP contribution in [0.5, 0.6) is 0 Å². The number of nitrogens with zero attached hydrogens (tertiary/aromatic N) is 2. The number of Topliss-reactive ketones (excluding diaryl/α,β-unsaturated/α-hetero) is 2. The van der Waals surface area contributed by atoms with E-state index in [-0.39, 0.29) is 11.1 Å². The summed E-state index contributed by atoms with van der Waals surface area (Å²) < 4.78 is 12.2. The van der Waals surface area contributed by atoms with Gasteiger partial charge in [-0.2, -0.15) is 0 Å². The average Bonchev–Trinajstić information content (AvgIpc) is 3.06. The van der Waals surface area contributed by atoms with Crippen molar-refractivity contribution >= 4 is 45.3 Å². The predicted octanol–water partition coefficient (Wildman–Crippen LogP) is 3.16. The Morgan fingerprint density at radius 2 is 1.00 bits per heavy atom. The molecule has 4 aromatic rings. The molecule has 0 fully saturated rings. The summed E-state index contributed by atoms with van der Waals surface area (Å²) in [6.07, 6.45) is -1.27. The van der Waals surface area contributed by atoms with Crippen molar-refractivity contribution in [2.24, 2.45) is 14.1 Å². The summed E-state index contributed by atoms with van der Waals surface area (Å²) in [5.41, 5.74) is -1.77. The molecule has 2 atom stereocenters. The standard InChI is InChI=1S/C34H30N2O10/c1-35-23-11-7-5-9-17(23)13-21(33(35)43)19(15-25(37)45-3)27-29(39)31(41)28(32(42)30(27)40)20(16-26(38)46-4)22-14-18-10-6-8-12-24(18)36(2)34(22)44/h5-14,19-20,39,42H,15-16H2,1-4H3/t19-,20-/m0/s1. The number of esters is 2. The minimum Gasteiger partial charge on any atom is -0.504 e. The van der Waals surface area contributed by atoms with E-state index in [1.165, 1.54) is 35.4 Å². The third kappa shape index (κ3) is 5.27. The smallest absolute Gasteiger partial charge is 0.306 e. The second-order valence-corrected chi connectivity index (χ2v) is 10.9. The Balaban J connectivity index is 1.72. The number of allylic oxidation sites excluding steroid dienone is 2. The third-order valence-electron chi connectivity index (χ3n) is 8.40. The molecular weight excluding hydrogens is 596 g/mol. The number of para-hydroxylation sites is 2. The van der Waals surface area contributed by atoms with E-state index in [9.17, 15) is 39.0 Å². The number of ether oxygens (including phenoxy) is 2. The lowest BCUT2D eigenvalue weighted by atomic mass is 9.76. The van der Waals surface area contributed by atoms with Crippen molar-refractivity contribution in [1.82, 2.24) is 9.13 Å². The maximum Gasteiger partial charge on any atom is 0.306 e. The summed E-state index contributed by atoms with van der Waals surface area (Å²) in [5, 5.41) is 23.9. The molecule has 0 spiro atoms. The van der Waals surface area contributed by atoms with Crippen molar-refractivity contribution in [1.29, 1.82) is 0 Å². The van der Waals surface area contributed by atoms with Gasteiger partial charge in [0, 0.05) is 37.1 Å². The van der Waals surface area contributed by atoms with Gasteiger partial charge >= 0.3 is 11.9 Å². The van der Waals surface area contributed by atoms with Crippen LogP contribution < -0.4 is 11.1 Å². The molecule has 12 heteroatoms. The number of hydrogen-bond donors (Lipinski definition) is 2. The zero-order valence-electron chi connectivity index (χ0n) is 25.4. The van der Waals surface area contributed by atoms with E-state index in [1.807, 2.05) is 0 Å². The molecule has 1 aliphatic carbocycles. The van der Waals surface area contributed by atoms with Gasteiger partial charge in [-0.15, -0.1) is 0 Å². The van der Waals surface area contributed by atoms with Crippen molar-refractivity contribution < 1.29 is 38.9 Å². The van der Waals surface area contributed by atoms with Gasteiger partial charge in [-0.25, -0.2) is 0 Å². The first-order valence-electron chi connectivity index (χ1n) is 14.2. The van der Waals surface area contributed by atoms with E-state index < -0.39 is 82.0 Å². The Kier molecular flexibility index (Phi) is 8.47. The van der Waals surface area contributed by atoms with Crippen LogP contribution in [0.3, 0.4) is 0 Å². The van der Waals surface area contributed by atoms with Crippen molar-refractivity contribution in [2.75, 3.05) is 14.2 Å². The maximum absolute atomic E-state index is 14.0. The predicted molar refractivity (Wildman–Crippen MR) is 166 cm³/mol. The monoisotopic (exact) mass is 626 g/mol. The van der Waals surface area contributed by atoms with Gasteiger partial charge in [0.05, 0.1) is 49.2 Å². The SMILES string of the molecule is COC(=O)C[C@H](C1=C(O)C(=O)C([C@@H](CC(=O)OC)c2cc3ccccc3n(C)c2=O)=C(O)C1=O)c1cc2ccccc2n(C)c1=O. The van der Waals surface area contributed by atoms with Crippen LogP contribution in [0.15, 0.2) is 92.9 Å². The molecular formula is C34H30N2O10. The van der Waals surface area contributed by atoms with Gasteiger partial charge in [-0.3, -0.25) is 28.8 Å². The van der Waals surface area contributed by atoms with Crippen LogP contribution in [-0.4, -0.2) is 57.1 Å². The maximum atomic E-state index is 14.0. The van der Waals surface area contributed by atoms with Gasteiger partial charge in [0.2, 0.25) is 11.6 Å². The molecule has 0 unspecified atom stereocenters. The number of hydrogen-bond acceptors (Lipinski definition) is 10. The number of pyridine rings is 2. The van der Waals surface area contributed by atoms with Crippen LogP contribution in [0.4, 0.5) is 0 Å². The quantitative estimate of drug-likeness (QED) is 0.219. The van der Waals surface area contributed by atoms with Crippen molar-refractivity contribution in [3.05, 3.63) is 115 Å². The molecule has 12 nitrogen and oxygen atoms in total. The van der Waals surface area contributed by atoms with E-state index in [0.29, 0.717) is 21.8 Å². The molecule has 0 amide bonds. The highest BCUT2D eigenvalue weighted by atomic mass is 16.5. The Hall–Kier alpha value is -5.78. The van der Waals surface area contributed by atoms with Crippen LogP contribution in [0.1, 0.15) is 35.8 Å². The zero-order chi connectivity index (χ0) is 33.4. The summed E-state index contributed by atoms with van der Waals surface area (Å²) in [6.45, 7) is 0. The molecule has 0 saturated heterocycles. The molecule has 2 aromatic heterocycles. The summed E-state index contributed by atoms with van der Waals surface area (Å²) in [5.74, 6) is -9.56. The van der Waals surface area contributed by atoms with E-state index in [4.69, 9.17) is 9.47 Å². The number of aliphatic hydroxyl groups excluding tert-OH is 2. The number of ketones is 2. The van der Waals surface area contributed by atoms with Crippen LogP contribution in [0.2, 0.25) is 0 Å². The lowest BCUT2D eigenvalue weighted by Crippen LogP contribution is -2.35. The highest BCUT2D eigenvalue weighted by Gasteiger charge is 2.44. The lowest BCUT2D eigenvalue weighted by molar-refractivity contribution is -0.142. The number of fused-ring (bicyclic) bond motifs is 2. The molecule has 2 aromatic carbocycles. The number of aliphatic hydroxyl groups is 2.